The molecule has 0 aromatic heterocycles. The van der Waals surface area contributed by atoms with E-state index in [2.05, 4.69) is 4.89 Å². The number of ether oxygens (including phenoxy) is 1. The van der Waals surface area contributed by atoms with E-state index in [0.717, 1.165) is 43.9 Å². The Balaban J connectivity index is 1.00. The largest absolute Gasteiger partial charge is 0.481 e. The van der Waals surface area contributed by atoms with Crippen molar-refractivity contribution >= 4 is 11.9 Å². The summed E-state index contributed by atoms with van der Waals surface area (Å²) in [4.78, 5) is 41.5. The molecule has 240 valence electrons. The first-order valence-electron chi connectivity index (χ1n) is 17.5. The molecule has 0 aromatic rings. The van der Waals surface area contributed by atoms with Crippen LogP contribution in [0, 0.1) is 47.3 Å². The van der Waals surface area contributed by atoms with Gasteiger partial charge in [-0.05, 0) is 99.7 Å². The van der Waals surface area contributed by atoms with Gasteiger partial charge in [-0.25, -0.2) is 14.7 Å². The van der Waals surface area contributed by atoms with E-state index in [9.17, 15) is 20.0 Å². The number of carbonyl (C=O) groups excluding carboxylic acids is 1. The Hall–Kier alpha value is -1.22. The molecule has 0 aliphatic heterocycles. The van der Waals surface area contributed by atoms with Crippen LogP contribution in [0.15, 0.2) is 0 Å². The number of hydrogen-bond donors (Lipinski definition) is 2. The first-order chi connectivity index (χ1) is 20.5. The quantitative estimate of drug-likeness (QED) is 0.143. The molecule has 0 saturated heterocycles. The Morgan fingerprint density at radius 3 is 1.79 bits per heavy atom. The first kappa shape index (κ1) is 32.2. The highest BCUT2D eigenvalue weighted by Gasteiger charge is 2.43. The molecule has 0 bridgehead atoms. The zero-order valence-electron chi connectivity index (χ0n) is 25.7. The fourth-order valence-electron chi connectivity index (χ4n) is 9.43. The van der Waals surface area contributed by atoms with E-state index in [0.29, 0.717) is 62.6 Å². The van der Waals surface area contributed by atoms with Gasteiger partial charge in [-0.2, -0.15) is 0 Å². The van der Waals surface area contributed by atoms with Crippen LogP contribution in [-0.2, 0) is 29.0 Å². The lowest BCUT2D eigenvalue weighted by molar-refractivity contribution is -0.340. The molecule has 5 fully saturated rings. The van der Waals surface area contributed by atoms with Crippen molar-refractivity contribution in [3.63, 3.8) is 0 Å². The average molecular weight is 593 g/mol. The molecule has 0 radical (unpaired) electrons. The molecule has 5 saturated carbocycles. The number of hydrogen-bond acceptors (Lipinski definition) is 7. The average Bonchev–Trinajstić information content (AvgIpc) is 3.03. The molecule has 5 rings (SSSR count). The van der Waals surface area contributed by atoms with E-state index in [1.54, 1.807) is 0 Å². The van der Waals surface area contributed by atoms with E-state index >= 15 is 0 Å². The maximum atomic E-state index is 13.1. The highest BCUT2D eigenvalue weighted by molar-refractivity contribution is 5.81. The Labute approximate surface area is 252 Å². The second kappa shape index (κ2) is 16.2. The number of aliphatic carboxylic acids is 1. The molecule has 8 heteroatoms. The predicted molar refractivity (Wildman–Crippen MR) is 157 cm³/mol. The minimum atomic E-state index is -0.845. The molecular weight excluding hydrogens is 536 g/mol. The Morgan fingerprint density at radius 1 is 0.571 bits per heavy atom. The van der Waals surface area contributed by atoms with Crippen LogP contribution < -0.4 is 0 Å². The monoisotopic (exact) mass is 592 g/mol. The van der Waals surface area contributed by atoms with Gasteiger partial charge in [0.25, 0.3) is 0 Å². The van der Waals surface area contributed by atoms with E-state index in [1.165, 1.54) is 70.6 Å². The third-order valence-corrected chi connectivity index (χ3v) is 12.0. The topological polar surface area (TPSA) is 112 Å². The molecule has 0 heterocycles. The zero-order valence-corrected chi connectivity index (χ0v) is 25.7. The molecule has 8 nitrogen and oxygen atoms in total. The van der Waals surface area contributed by atoms with Gasteiger partial charge in [-0.3, -0.25) is 14.8 Å². The SMILES string of the molecule is O=C(O)C1CC(C2CCCCC2)CCC1C(=O)OC1CCC(OOCC2CCC(C3CCCCC3)CC2COO)CC1. The lowest BCUT2D eigenvalue weighted by atomic mass is 9.67. The van der Waals surface area contributed by atoms with E-state index in [-0.39, 0.29) is 18.2 Å². The highest BCUT2D eigenvalue weighted by Crippen LogP contribution is 2.44. The van der Waals surface area contributed by atoms with Crippen molar-refractivity contribution < 1.29 is 39.4 Å². The van der Waals surface area contributed by atoms with Gasteiger partial charge in [0.05, 0.1) is 31.2 Å². The second-order valence-corrected chi connectivity index (χ2v) is 14.5. The molecule has 2 N–H and O–H groups in total. The van der Waals surface area contributed by atoms with E-state index in [4.69, 9.17) is 14.5 Å². The van der Waals surface area contributed by atoms with Crippen LogP contribution in [0.4, 0.5) is 0 Å². The highest BCUT2D eigenvalue weighted by atomic mass is 17.2. The van der Waals surface area contributed by atoms with Crippen LogP contribution in [0.1, 0.15) is 128 Å². The normalized spacial score (nSPS) is 37.3. The molecule has 5 aliphatic carbocycles. The Bertz CT molecular complexity index is 829. The fraction of sp³-hybridized carbons (Fsp3) is 0.941. The van der Waals surface area contributed by atoms with Gasteiger partial charge in [-0.15, -0.1) is 0 Å². The van der Waals surface area contributed by atoms with Gasteiger partial charge in [0.15, 0.2) is 0 Å². The van der Waals surface area contributed by atoms with Crippen molar-refractivity contribution in [2.45, 2.75) is 141 Å². The predicted octanol–water partition coefficient (Wildman–Crippen LogP) is 7.59. The van der Waals surface area contributed by atoms with Crippen molar-refractivity contribution in [2.75, 3.05) is 13.2 Å². The first-order valence-corrected chi connectivity index (χ1v) is 17.5. The molecule has 42 heavy (non-hydrogen) atoms. The second-order valence-electron chi connectivity index (χ2n) is 14.5. The van der Waals surface area contributed by atoms with Crippen molar-refractivity contribution in [1.82, 2.24) is 0 Å². The maximum absolute atomic E-state index is 13.1. The third-order valence-electron chi connectivity index (χ3n) is 12.0. The summed E-state index contributed by atoms with van der Waals surface area (Å²) in [6.45, 7) is 0.874. The Kier molecular flexibility index (Phi) is 12.4. The van der Waals surface area contributed by atoms with Crippen LogP contribution in [-0.4, -0.2) is 47.7 Å². The van der Waals surface area contributed by atoms with Crippen LogP contribution >= 0.6 is 0 Å². The maximum Gasteiger partial charge on any atom is 0.310 e. The standard InChI is InChI=1S/C34H56O8/c35-33(36)32-20-26(24-9-5-2-6-10-24)13-18-31(32)34(37)41-29-14-16-30(17-15-29)42-40-22-27-12-11-25(19-28(27)21-39-38)23-7-3-1-4-8-23/h23-32,38H,1-22H2,(H,35,36). The van der Waals surface area contributed by atoms with Gasteiger partial charge in [0.1, 0.15) is 6.10 Å². The van der Waals surface area contributed by atoms with Gasteiger partial charge in [-0.1, -0.05) is 64.2 Å². The van der Waals surface area contributed by atoms with Gasteiger partial charge in [0.2, 0.25) is 0 Å². The molecule has 6 unspecified atom stereocenters. The number of carboxylic acid groups (broad SMARTS) is 1. The molecule has 6 atom stereocenters. The minimum absolute atomic E-state index is 0.0243. The van der Waals surface area contributed by atoms with Crippen LogP contribution in [0.3, 0.4) is 0 Å². The molecule has 0 aromatic carbocycles. The summed E-state index contributed by atoms with van der Waals surface area (Å²) < 4.78 is 5.90. The molecular formula is C34H56O8. The van der Waals surface area contributed by atoms with Crippen LogP contribution in [0.5, 0.6) is 0 Å². The molecule has 0 amide bonds. The summed E-state index contributed by atoms with van der Waals surface area (Å²) in [5, 5.41) is 19.2. The number of rotatable bonds is 11. The van der Waals surface area contributed by atoms with Crippen molar-refractivity contribution in [2.24, 2.45) is 47.3 Å². The van der Waals surface area contributed by atoms with Gasteiger partial charge >= 0.3 is 11.9 Å². The smallest absolute Gasteiger partial charge is 0.310 e. The fourth-order valence-corrected chi connectivity index (χ4v) is 9.43. The summed E-state index contributed by atoms with van der Waals surface area (Å²) in [7, 11) is 0. The van der Waals surface area contributed by atoms with Gasteiger partial charge < -0.3 is 9.84 Å². The van der Waals surface area contributed by atoms with Crippen molar-refractivity contribution in [1.29, 1.82) is 0 Å². The third kappa shape index (κ3) is 8.70. The van der Waals surface area contributed by atoms with E-state index in [1.807, 2.05) is 0 Å². The molecule has 5 aliphatic rings. The van der Waals surface area contributed by atoms with Crippen molar-refractivity contribution in [3.8, 4) is 0 Å². The minimum Gasteiger partial charge on any atom is -0.481 e. The van der Waals surface area contributed by atoms with Crippen LogP contribution in [0.2, 0.25) is 0 Å². The Morgan fingerprint density at radius 2 is 1.17 bits per heavy atom. The lowest BCUT2D eigenvalue weighted by Gasteiger charge is -2.40. The molecule has 0 spiro atoms. The van der Waals surface area contributed by atoms with Gasteiger partial charge in [0, 0.05) is 0 Å². The lowest BCUT2D eigenvalue weighted by Crippen LogP contribution is -2.40. The number of esters is 1. The summed E-state index contributed by atoms with van der Waals surface area (Å²) in [6.07, 6.45) is 21.3. The summed E-state index contributed by atoms with van der Waals surface area (Å²) in [6, 6.07) is 0. The summed E-state index contributed by atoms with van der Waals surface area (Å²) >= 11 is 0. The zero-order chi connectivity index (χ0) is 29.3. The van der Waals surface area contributed by atoms with Crippen molar-refractivity contribution in [3.05, 3.63) is 0 Å². The van der Waals surface area contributed by atoms with Crippen LogP contribution in [0.25, 0.3) is 0 Å². The van der Waals surface area contributed by atoms with E-state index < -0.39 is 17.8 Å². The summed E-state index contributed by atoms with van der Waals surface area (Å²) in [5.74, 6) is 0.932. The number of carboxylic acids is 1. The number of carbonyl (C=O) groups is 2. The summed E-state index contributed by atoms with van der Waals surface area (Å²) in [5.41, 5.74) is 0.